The average molecular weight is 467 g/mol. The first-order valence-corrected chi connectivity index (χ1v) is 24.5. The first-order chi connectivity index (χ1) is 13.7. The van der Waals surface area contributed by atoms with Gasteiger partial charge in [0.2, 0.25) is 0 Å². The number of allylic oxidation sites excluding steroid dienone is 1. The zero-order valence-electron chi connectivity index (χ0n) is 21.0. The molecule has 0 aliphatic carbocycles. The third kappa shape index (κ3) is 6.18. The summed E-state index contributed by atoms with van der Waals surface area (Å²) in [5, 5.41) is 4.74. The minimum absolute atomic E-state index is 1.26. The van der Waals surface area contributed by atoms with Crippen molar-refractivity contribution in [3.8, 4) is 0 Å². The van der Waals surface area contributed by atoms with Crippen molar-refractivity contribution in [2.24, 2.45) is 0 Å². The topological polar surface area (TPSA) is 0 Å². The largest absolute Gasteiger partial charge is 0.135 e. The van der Waals surface area contributed by atoms with Crippen LogP contribution in [0.2, 0.25) is 71.5 Å². The van der Waals surface area contributed by atoms with Crippen molar-refractivity contribution in [1.82, 2.24) is 0 Å². The molecule has 0 aromatic heterocycles. The minimum Gasteiger partial charge on any atom is -0.135 e. The summed E-state index contributed by atoms with van der Waals surface area (Å²) < 4.78 is 0. The van der Waals surface area contributed by atoms with Crippen LogP contribution in [0.5, 0.6) is 0 Å². The molecule has 0 radical (unpaired) electrons. The Morgan fingerprint density at radius 3 is 1.37 bits per heavy atom. The van der Waals surface area contributed by atoms with E-state index in [1.807, 2.05) is 0 Å². The predicted octanol–water partition coefficient (Wildman–Crippen LogP) is 6.96. The van der Waals surface area contributed by atoms with Gasteiger partial charge in [-0.05, 0) is 16.1 Å². The van der Waals surface area contributed by atoms with Crippen LogP contribution in [-0.4, -0.2) is 32.3 Å². The van der Waals surface area contributed by atoms with E-state index in [1.165, 1.54) is 6.04 Å². The molecule has 2 aromatic rings. The Morgan fingerprint density at radius 2 is 1.00 bits per heavy atom. The van der Waals surface area contributed by atoms with Crippen molar-refractivity contribution in [2.75, 3.05) is 0 Å². The molecule has 2 rings (SSSR count). The smallest absolute Gasteiger partial charge is 0.116 e. The van der Waals surface area contributed by atoms with Gasteiger partial charge in [-0.3, -0.25) is 0 Å². The lowest BCUT2D eigenvalue weighted by molar-refractivity contribution is 1.43. The predicted molar refractivity (Wildman–Crippen MR) is 149 cm³/mol. The molecule has 4 heteroatoms. The molecule has 0 saturated heterocycles. The zero-order valence-corrected chi connectivity index (χ0v) is 25.0. The summed E-state index contributed by atoms with van der Waals surface area (Å²) in [6, 6.07) is 23.8. The second-order valence-electron chi connectivity index (χ2n) is 11.9. The number of benzene rings is 2. The lowest BCUT2D eigenvalue weighted by Gasteiger charge is -2.35. The van der Waals surface area contributed by atoms with Crippen LogP contribution in [-0.2, 0) is 0 Å². The standard InChI is InChI=1S/C26H42Si4/c1-27(2,3)22-25(29(7,8)23-17-13-11-14-18-23)21-26(28(4,5)6)30(9,10)24-19-15-12-16-20-24/h11-20H,22H2,1-10H3. The molecule has 2 aromatic carbocycles. The Morgan fingerprint density at radius 1 is 0.600 bits per heavy atom. The first kappa shape index (κ1) is 25.1. The zero-order chi connectivity index (χ0) is 22.8. The van der Waals surface area contributed by atoms with Gasteiger partial charge in [0.05, 0.1) is 8.07 Å². The van der Waals surface area contributed by atoms with Gasteiger partial charge in [0.15, 0.2) is 0 Å². The molecular weight excluding hydrogens is 425 g/mol. The van der Waals surface area contributed by atoms with Crippen LogP contribution in [0.25, 0.3) is 0 Å². The Kier molecular flexibility index (Phi) is 7.64. The van der Waals surface area contributed by atoms with Crippen LogP contribution in [0.3, 0.4) is 0 Å². The molecule has 0 N–H and O–H groups in total. The van der Waals surface area contributed by atoms with Crippen molar-refractivity contribution < 1.29 is 0 Å². The summed E-state index contributed by atoms with van der Waals surface area (Å²) in [4.78, 5) is 1.70. The van der Waals surface area contributed by atoms with Crippen LogP contribution < -0.4 is 10.4 Å². The molecule has 0 unspecified atom stereocenters. The van der Waals surface area contributed by atoms with E-state index in [1.54, 1.807) is 20.4 Å². The number of hydrogen-bond donors (Lipinski definition) is 0. The molecule has 0 atom stereocenters. The van der Waals surface area contributed by atoms with Gasteiger partial charge in [-0.1, -0.05) is 137 Å². The Labute approximate surface area is 190 Å². The molecule has 0 saturated carbocycles. The van der Waals surface area contributed by atoms with E-state index >= 15 is 0 Å². The Hall–Kier alpha value is -1.17. The van der Waals surface area contributed by atoms with E-state index in [4.69, 9.17) is 0 Å². The van der Waals surface area contributed by atoms with E-state index in [0.717, 1.165) is 0 Å². The SMILES string of the molecule is C[Si](C)(C)CC(=C=C([Si](C)(C)C)[Si](C)(C)c1ccccc1)[Si](C)(C)c1ccccc1. The van der Waals surface area contributed by atoms with Gasteiger partial charge in [0.25, 0.3) is 0 Å². The molecule has 0 fully saturated rings. The quantitative estimate of drug-likeness (QED) is 0.305. The van der Waals surface area contributed by atoms with Gasteiger partial charge >= 0.3 is 0 Å². The maximum atomic E-state index is 4.28. The monoisotopic (exact) mass is 466 g/mol. The second kappa shape index (κ2) is 9.13. The highest BCUT2D eigenvalue weighted by Gasteiger charge is 2.38. The van der Waals surface area contributed by atoms with E-state index in [-0.39, 0.29) is 0 Å². The van der Waals surface area contributed by atoms with Crippen molar-refractivity contribution >= 4 is 42.7 Å². The summed E-state index contributed by atoms with van der Waals surface area (Å²) in [6.45, 7) is 25.3. The highest BCUT2D eigenvalue weighted by Crippen LogP contribution is 2.30. The van der Waals surface area contributed by atoms with Crippen LogP contribution in [0.1, 0.15) is 0 Å². The molecule has 0 spiro atoms. The molecule has 162 valence electrons. The molecule has 0 aliphatic rings. The molecule has 0 amide bonds. The summed E-state index contributed by atoms with van der Waals surface area (Å²) in [5.74, 6) is 0. The maximum absolute atomic E-state index is 4.28. The van der Waals surface area contributed by atoms with E-state index in [9.17, 15) is 0 Å². The van der Waals surface area contributed by atoms with Crippen LogP contribution in [0.15, 0.2) is 76.4 Å². The summed E-state index contributed by atoms with van der Waals surface area (Å²) in [7, 11) is -6.37. The van der Waals surface area contributed by atoms with Crippen LogP contribution >= 0.6 is 0 Å². The Bertz CT molecular complexity index is 905. The maximum Gasteiger partial charge on any atom is 0.116 e. The Balaban J connectivity index is 2.86. The number of hydrogen-bond acceptors (Lipinski definition) is 0. The van der Waals surface area contributed by atoms with Crippen molar-refractivity contribution in [3.63, 3.8) is 0 Å². The van der Waals surface area contributed by atoms with E-state index < -0.39 is 32.3 Å². The van der Waals surface area contributed by atoms with Gasteiger partial charge in [-0.25, -0.2) is 0 Å². The molecule has 0 heterocycles. The molecule has 30 heavy (non-hydrogen) atoms. The van der Waals surface area contributed by atoms with E-state index in [2.05, 4.69) is 132 Å². The fourth-order valence-electron chi connectivity index (χ4n) is 4.41. The fraction of sp³-hybridized carbons (Fsp3) is 0.423. The minimum atomic E-state index is -1.78. The van der Waals surface area contributed by atoms with Crippen LogP contribution in [0.4, 0.5) is 0 Å². The van der Waals surface area contributed by atoms with Crippen molar-refractivity contribution in [3.05, 3.63) is 76.4 Å². The number of rotatable bonds is 7. The molecule has 0 nitrogen and oxygen atoms in total. The van der Waals surface area contributed by atoms with Gasteiger partial charge in [-0.2, -0.15) is 0 Å². The molecule has 0 bridgehead atoms. The summed E-state index contributed by atoms with van der Waals surface area (Å²) >= 11 is 0. The van der Waals surface area contributed by atoms with Crippen molar-refractivity contribution in [2.45, 2.75) is 71.5 Å². The van der Waals surface area contributed by atoms with E-state index in [0.29, 0.717) is 0 Å². The normalized spacial score (nSPS) is 13.0. The van der Waals surface area contributed by atoms with Crippen LogP contribution in [0, 0.1) is 0 Å². The summed E-state index contributed by atoms with van der Waals surface area (Å²) in [5.41, 5.74) is 4.28. The van der Waals surface area contributed by atoms with Gasteiger partial charge in [-0.15, -0.1) is 5.73 Å². The highest BCUT2D eigenvalue weighted by molar-refractivity contribution is 7.11. The van der Waals surface area contributed by atoms with Gasteiger partial charge in [0.1, 0.15) is 16.1 Å². The highest BCUT2D eigenvalue weighted by atomic mass is 28.4. The lowest BCUT2D eigenvalue weighted by Crippen LogP contribution is -2.51. The second-order valence-corrected chi connectivity index (χ2v) is 31.7. The van der Waals surface area contributed by atoms with Crippen molar-refractivity contribution in [1.29, 1.82) is 0 Å². The third-order valence-corrected chi connectivity index (χ3v) is 20.4. The first-order valence-electron chi connectivity index (χ1n) is 11.3. The van der Waals surface area contributed by atoms with Gasteiger partial charge < -0.3 is 0 Å². The van der Waals surface area contributed by atoms with Gasteiger partial charge in [0, 0.05) is 8.07 Å². The average Bonchev–Trinajstić information content (AvgIpc) is 2.64. The fourth-order valence-corrected chi connectivity index (χ4v) is 21.2. The third-order valence-electron chi connectivity index (χ3n) is 6.10. The summed E-state index contributed by atoms with van der Waals surface area (Å²) in [6.07, 6.45) is 0. The lowest BCUT2D eigenvalue weighted by atomic mass is 10.4. The molecular formula is C26H42Si4. The molecule has 0 aliphatic heterocycles.